The van der Waals surface area contributed by atoms with Crippen molar-refractivity contribution in [1.82, 2.24) is 24.8 Å². The first-order valence-corrected chi connectivity index (χ1v) is 11.8. The van der Waals surface area contributed by atoms with Crippen LogP contribution in [0.25, 0.3) is 0 Å². The molecule has 1 aromatic carbocycles. The zero-order chi connectivity index (χ0) is 24.0. The fraction of sp³-hybridized carbons (Fsp3) is 0.409. The fourth-order valence-corrected chi connectivity index (χ4v) is 3.87. The van der Waals surface area contributed by atoms with Gasteiger partial charge in [-0.05, 0) is 38.6 Å². The van der Waals surface area contributed by atoms with Crippen LogP contribution in [0.1, 0.15) is 34.9 Å². The largest absolute Gasteiger partial charge is 0.353 e. The monoisotopic (exact) mass is 488 g/mol. The highest BCUT2D eigenvalue weighted by Crippen LogP contribution is 2.27. The molecule has 0 bridgehead atoms. The number of rotatable bonds is 10. The van der Waals surface area contributed by atoms with Crippen LogP contribution in [0, 0.1) is 12.8 Å². The number of hydrogen-bond acceptors (Lipinski definition) is 9. The molecular weight excluding hydrogens is 460 g/mol. The van der Waals surface area contributed by atoms with E-state index in [4.69, 9.17) is 11.6 Å². The molecule has 0 spiro atoms. The first kappa shape index (κ1) is 24.8. The number of carbonyl (C=O) groups excluding carboxylic acids is 1. The third-order valence-corrected chi connectivity index (χ3v) is 5.75. The molecule has 1 amide bonds. The fourth-order valence-electron chi connectivity index (χ4n) is 2.90. The number of likely N-dealkylation sites (N-methyl/N-ethyl adjacent to an activating group) is 1. The van der Waals surface area contributed by atoms with Gasteiger partial charge in [-0.2, -0.15) is 15.0 Å². The summed E-state index contributed by atoms with van der Waals surface area (Å²) in [7, 11) is 4.02. The molecule has 176 valence electrons. The van der Waals surface area contributed by atoms with Crippen molar-refractivity contribution in [1.29, 1.82) is 0 Å². The number of anilines is 4. The molecule has 0 aliphatic rings. The van der Waals surface area contributed by atoms with E-state index in [-0.39, 0.29) is 5.91 Å². The van der Waals surface area contributed by atoms with Crippen LogP contribution in [0.2, 0.25) is 5.02 Å². The van der Waals surface area contributed by atoms with E-state index in [2.05, 4.69) is 54.6 Å². The van der Waals surface area contributed by atoms with E-state index >= 15 is 0 Å². The average molecular weight is 489 g/mol. The van der Waals surface area contributed by atoms with Crippen molar-refractivity contribution in [3.05, 3.63) is 45.7 Å². The van der Waals surface area contributed by atoms with Gasteiger partial charge in [-0.1, -0.05) is 48.9 Å². The van der Waals surface area contributed by atoms with Crippen molar-refractivity contribution in [2.45, 2.75) is 27.2 Å². The van der Waals surface area contributed by atoms with Gasteiger partial charge >= 0.3 is 0 Å². The Morgan fingerprint density at radius 2 is 1.94 bits per heavy atom. The van der Waals surface area contributed by atoms with Gasteiger partial charge in [0, 0.05) is 19.5 Å². The lowest BCUT2D eigenvalue weighted by Gasteiger charge is -2.12. The second-order valence-corrected chi connectivity index (χ2v) is 9.71. The Bertz CT molecular complexity index is 1080. The Morgan fingerprint density at radius 3 is 2.64 bits per heavy atom. The molecule has 0 aliphatic heterocycles. The van der Waals surface area contributed by atoms with Gasteiger partial charge in [0.2, 0.25) is 11.9 Å². The maximum Gasteiger partial charge on any atom is 0.267 e. The smallest absolute Gasteiger partial charge is 0.267 e. The summed E-state index contributed by atoms with van der Waals surface area (Å²) >= 11 is 7.43. The molecule has 3 N–H and O–H groups in total. The van der Waals surface area contributed by atoms with Crippen molar-refractivity contribution in [2.75, 3.05) is 43.1 Å². The Hall–Kier alpha value is -2.82. The molecule has 0 atom stereocenters. The van der Waals surface area contributed by atoms with Gasteiger partial charge in [0.15, 0.2) is 5.13 Å². The third kappa shape index (κ3) is 7.34. The number of thiazole rings is 1. The molecule has 11 heteroatoms. The van der Waals surface area contributed by atoms with E-state index in [1.54, 1.807) is 6.07 Å². The zero-order valence-electron chi connectivity index (χ0n) is 19.4. The Morgan fingerprint density at radius 1 is 1.18 bits per heavy atom. The van der Waals surface area contributed by atoms with E-state index in [1.807, 2.05) is 33.2 Å². The molecule has 3 aromatic rings. The number of amides is 1. The van der Waals surface area contributed by atoms with Gasteiger partial charge in [-0.25, -0.2) is 4.98 Å². The van der Waals surface area contributed by atoms with Gasteiger partial charge in [-0.15, -0.1) is 0 Å². The average Bonchev–Trinajstić information content (AvgIpc) is 3.18. The van der Waals surface area contributed by atoms with Crippen molar-refractivity contribution in [2.24, 2.45) is 5.92 Å². The predicted octanol–water partition coefficient (Wildman–Crippen LogP) is 4.46. The Labute approximate surface area is 203 Å². The summed E-state index contributed by atoms with van der Waals surface area (Å²) in [4.78, 5) is 33.0. The number of hydrogen-bond donors (Lipinski definition) is 3. The molecule has 9 nitrogen and oxygen atoms in total. The van der Waals surface area contributed by atoms with Crippen molar-refractivity contribution in [3.8, 4) is 0 Å². The molecule has 33 heavy (non-hydrogen) atoms. The van der Waals surface area contributed by atoms with Gasteiger partial charge < -0.3 is 15.5 Å². The molecule has 0 radical (unpaired) electrons. The first-order valence-electron chi connectivity index (χ1n) is 10.6. The van der Waals surface area contributed by atoms with Crippen molar-refractivity contribution in [3.63, 3.8) is 0 Å². The Balaban J connectivity index is 1.74. The second kappa shape index (κ2) is 11.4. The molecule has 2 aromatic heterocycles. The summed E-state index contributed by atoms with van der Waals surface area (Å²) in [6.07, 6.45) is 2.24. The maximum atomic E-state index is 12.7. The second-order valence-electron chi connectivity index (χ2n) is 8.27. The van der Waals surface area contributed by atoms with E-state index < -0.39 is 0 Å². The molecule has 0 saturated carbocycles. The van der Waals surface area contributed by atoms with Crippen molar-refractivity contribution >= 4 is 51.6 Å². The van der Waals surface area contributed by atoms with Gasteiger partial charge in [-0.3, -0.25) is 10.1 Å². The maximum absolute atomic E-state index is 12.7. The summed E-state index contributed by atoms with van der Waals surface area (Å²) < 4.78 is 0. The van der Waals surface area contributed by atoms with Gasteiger partial charge in [0.1, 0.15) is 10.7 Å². The summed E-state index contributed by atoms with van der Waals surface area (Å²) in [5, 5.41) is 10.2. The molecule has 0 fully saturated rings. The summed E-state index contributed by atoms with van der Waals surface area (Å²) in [5.74, 6) is 1.71. The number of aromatic nitrogens is 4. The lowest BCUT2D eigenvalue weighted by Crippen LogP contribution is -2.22. The number of nitrogens with one attached hydrogen (secondary N) is 3. The summed E-state index contributed by atoms with van der Waals surface area (Å²) in [6.45, 7) is 7.68. The number of nitrogens with zero attached hydrogens (tertiary/aromatic N) is 5. The minimum atomic E-state index is -0.279. The normalized spacial score (nSPS) is 11.2. The SMILES string of the molecule is Cc1cccc(Cl)c1NC(=O)c1cnc(Nc2nc(CC(C)C)nc(NCCN(C)C)n2)s1. The van der Waals surface area contributed by atoms with Crippen molar-refractivity contribution < 1.29 is 4.79 Å². The van der Waals surface area contributed by atoms with Gasteiger partial charge in [0.25, 0.3) is 5.91 Å². The van der Waals surface area contributed by atoms with Crippen LogP contribution >= 0.6 is 22.9 Å². The molecule has 0 unspecified atom stereocenters. The number of benzene rings is 1. The highest BCUT2D eigenvalue weighted by molar-refractivity contribution is 7.17. The van der Waals surface area contributed by atoms with Crippen LogP contribution < -0.4 is 16.0 Å². The molecule has 0 saturated heterocycles. The molecule has 0 aliphatic carbocycles. The van der Waals surface area contributed by atoms with Gasteiger partial charge in [0.05, 0.1) is 16.9 Å². The number of para-hydroxylation sites is 1. The number of carbonyl (C=O) groups is 1. The number of halogens is 1. The Kier molecular flexibility index (Phi) is 8.54. The van der Waals surface area contributed by atoms with Crippen LogP contribution in [0.4, 0.5) is 22.7 Å². The quantitative estimate of drug-likeness (QED) is 0.384. The zero-order valence-corrected chi connectivity index (χ0v) is 21.0. The molecule has 3 rings (SSSR count). The lowest BCUT2D eigenvalue weighted by molar-refractivity contribution is 0.103. The first-order chi connectivity index (χ1) is 15.7. The van der Waals surface area contributed by atoms with Crippen LogP contribution in [0.15, 0.2) is 24.4 Å². The topological polar surface area (TPSA) is 108 Å². The molecule has 2 heterocycles. The standard InChI is InChI=1S/C22H29ClN8OS/c1-13(2)11-17-26-20(24-9-10-31(4)5)29-21(27-17)30-22-25-12-16(33-22)19(32)28-18-14(3)7-6-8-15(18)23/h6-8,12-13H,9-11H2,1-5H3,(H,28,32)(H2,24,25,26,27,29,30). The van der Waals surface area contributed by atoms with E-state index in [0.717, 1.165) is 18.5 Å². The number of aryl methyl sites for hydroxylation is 1. The van der Waals surface area contributed by atoms with E-state index in [0.29, 0.717) is 50.9 Å². The predicted molar refractivity (Wildman–Crippen MR) is 135 cm³/mol. The minimum absolute atomic E-state index is 0.279. The summed E-state index contributed by atoms with van der Waals surface area (Å²) in [5.41, 5.74) is 1.48. The highest BCUT2D eigenvalue weighted by atomic mass is 35.5. The van der Waals surface area contributed by atoms with Crippen LogP contribution in [-0.2, 0) is 6.42 Å². The lowest BCUT2D eigenvalue weighted by atomic mass is 10.1. The third-order valence-electron chi connectivity index (χ3n) is 4.52. The van der Waals surface area contributed by atoms with Crippen LogP contribution in [0.5, 0.6) is 0 Å². The van der Waals surface area contributed by atoms with E-state index in [9.17, 15) is 4.79 Å². The van der Waals surface area contributed by atoms with Crippen LogP contribution in [0.3, 0.4) is 0 Å². The minimum Gasteiger partial charge on any atom is -0.353 e. The summed E-state index contributed by atoms with van der Waals surface area (Å²) in [6, 6.07) is 5.47. The highest BCUT2D eigenvalue weighted by Gasteiger charge is 2.15. The van der Waals surface area contributed by atoms with E-state index in [1.165, 1.54) is 17.5 Å². The van der Waals surface area contributed by atoms with Crippen LogP contribution in [-0.4, -0.2) is 57.9 Å². The molecular formula is C22H29ClN8OS.